The Balaban J connectivity index is 2.33. The Morgan fingerprint density at radius 2 is 1.70 bits per heavy atom. The lowest BCUT2D eigenvalue weighted by Crippen LogP contribution is -2.14. The first-order chi connectivity index (χ1) is 9.52. The molecule has 0 heterocycles. The number of benzene rings is 1. The molecule has 0 aliphatic carbocycles. The Morgan fingerprint density at radius 3 is 2.25 bits per heavy atom. The van der Waals surface area contributed by atoms with Crippen molar-refractivity contribution in [2.75, 3.05) is 13.2 Å². The zero-order chi connectivity index (χ0) is 15.0. The van der Waals surface area contributed by atoms with Gasteiger partial charge in [-0.1, -0.05) is 0 Å². The lowest BCUT2D eigenvalue weighted by atomic mass is 10.1. The van der Waals surface area contributed by atoms with E-state index >= 15 is 0 Å². The summed E-state index contributed by atoms with van der Waals surface area (Å²) in [7, 11) is 0. The number of hydrogen-bond acceptors (Lipinski definition) is 5. The van der Waals surface area contributed by atoms with Gasteiger partial charge >= 0.3 is 5.97 Å². The van der Waals surface area contributed by atoms with Crippen molar-refractivity contribution in [1.82, 2.24) is 0 Å². The first-order valence-electron chi connectivity index (χ1n) is 6.44. The highest BCUT2D eigenvalue weighted by Crippen LogP contribution is 2.12. The van der Waals surface area contributed by atoms with Gasteiger partial charge in [-0.3, -0.25) is 14.4 Å². The molecule has 0 fully saturated rings. The lowest BCUT2D eigenvalue weighted by Gasteiger charge is -2.06. The third-order valence-corrected chi connectivity index (χ3v) is 2.57. The monoisotopic (exact) mass is 278 g/mol. The Labute approximate surface area is 117 Å². The molecule has 5 heteroatoms. The molecular formula is C15H18O5. The largest absolute Gasteiger partial charge is 0.486 e. The number of carbonyl (C=O) groups is 3. The van der Waals surface area contributed by atoms with E-state index in [4.69, 9.17) is 9.47 Å². The molecule has 20 heavy (non-hydrogen) atoms. The molecule has 0 aliphatic rings. The second-order valence-electron chi connectivity index (χ2n) is 4.21. The van der Waals surface area contributed by atoms with Crippen molar-refractivity contribution in [1.29, 1.82) is 0 Å². The van der Waals surface area contributed by atoms with E-state index in [0.717, 1.165) is 0 Å². The van der Waals surface area contributed by atoms with Crippen LogP contribution in [0.4, 0.5) is 0 Å². The molecule has 0 aliphatic heterocycles. The van der Waals surface area contributed by atoms with Gasteiger partial charge in [-0.25, -0.2) is 0 Å². The average Bonchev–Trinajstić information content (AvgIpc) is 2.43. The Morgan fingerprint density at radius 1 is 1.05 bits per heavy atom. The van der Waals surface area contributed by atoms with Crippen LogP contribution in [0.2, 0.25) is 0 Å². The van der Waals surface area contributed by atoms with Gasteiger partial charge in [0.05, 0.1) is 13.0 Å². The standard InChI is InChI=1S/C15H18O5/c1-3-19-15(18)9-6-13(17)10-20-14-7-4-12(5-8-14)11(2)16/h4-5,7-8H,3,6,9-10H2,1-2H3. The summed E-state index contributed by atoms with van der Waals surface area (Å²) < 4.78 is 10.0. The first kappa shape index (κ1) is 15.9. The van der Waals surface area contributed by atoms with Crippen LogP contribution in [0.1, 0.15) is 37.0 Å². The maximum absolute atomic E-state index is 11.5. The molecule has 0 saturated carbocycles. The van der Waals surface area contributed by atoms with Crippen molar-refractivity contribution < 1.29 is 23.9 Å². The van der Waals surface area contributed by atoms with E-state index in [9.17, 15) is 14.4 Å². The van der Waals surface area contributed by atoms with E-state index in [1.54, 1.807) is 31.2 Å². The summed E-state index contributed by atoms with van der Waals surface area (Å²) in [5.41, 5.74) is 0.589. The highest BCUT2D eigenvalue weighted by molar-refractivity contribution is 5.94. The third kappa shape index (κ3) is 5.65. The number of esters is 1. The molecule has 1 aromatic rings. The molecule has 1 aromatic carbocycles. The fourth-order valence-electron chi connectivity index (χ4n) is 1.50. The quantitative estimate of drug-likeness (QED) is 0.538. The van der Waals surface area contributed by atoms with Gasteiger partial charge in [-0.2, -0.15) is 0 Å². The Kier molecular flexibility index (Phi) is 6.43. The van der Waals surface area contributed by atoms with E-state index in [-0.39, 0.29) is 37.0 Å². The van der Waals surface area contributed by atoms with E-state index in [0.29, 0.717) is 17.9 Å². The Hall–Kier alpha value is -2.17. The van der Waals surface area contributed by atoms with Gasteiger partial charge in [0.1, 0.15) is 12.4 Å². The van der Waals surface area contributed by atoms with E-state index < -0.39 is 0 Å². The lowest BCUT2D eigenvalue weighted by molar-refractivity contribution is -0.144. The van der Waals surface area contributed by atoms with Gasteiger partial charge in [-0.05, 0) is 38.1 Å². The van der Waals surface area contributed by atoms with Crippen molar-refractivity contribution in [2.24, 2.45) is 0 Å². The fourth-order valence-corrected chi connectivity index (χ4v) is 1.50. The zero-order valence-electron chi connectivity index (χ0n) is 11.7. The number of ketones is 2. The van der Waals surface area contributed by atoms with Crippen LogP contribution in [-0.4, -0.2) is 30.7 Å². The van der Waals surface area contributed by atoms with Crippen LogP contribution in [-0.2, 0) is 14.3 Å². The molecule has 0 spiro atoms. The van der Waals surface area contributed by atoms with E-state index in [1.165, 1.54) is 6.92 Å². The predicted octanol–water partition coefficient (Wildman–Crippen LogP) is 2.18. The second kappa shape index (κ2) is 8.09. The average molecular weight is 278 g/mol. The minimum absolute atomic E-state index is 0.0259. The Bertz CT molecular complexity index is 476. The highest BCUT2D eigenvalue weighted by atomic mass is 16.5. The maximum atomic E-state index is 11.5. The highest BCUT2D eigenvalue weighted by Gasteiger charge is 2.08. The minimum atomic E-state index is -0.383. The van der Waals surface area contributed by atoms with Gasteiger partial charge in [0.2, 0.25) is 0 Å². The fraction of sp³-hybridized carbons (Fsp3) is 0.400. The van der Waals surface area contributed by atoms with E-state index in [2.05, 4.69) is 0 Å². The first-order valence-corrected chi connectivity index (χ1v) is 6.44. The molecule has 0 amide bonds. The summed E-state index contributed by atoms with van der Waals surface area (Å²) in [6.45, 7) is 3.41. The van der Waals surface area contributed by atoms with Gasteiger partial charge in [0.25, 0.3) is 0 Å². The molecule has 0 atom stereocenters. The summed E-state index contributed by atoms with van der Waals surface area (Å²) in [5.74, 6) is -0.0677. The van der Waals surface area contributed by atoms with Crippen LogP contribution < -0.4 is 4.74 Å². The number of carbonyl (C=O) groups excluding carboxylic acids is 3. The summed E-state index contributed by atoms with van der Waals surface area (Å²) in [4.78, 5) is 33.7. The number of rotatable bonds is 8. The van der Waals surface area contributed by atoms with Crippen LogP contribution >= 0.6 is 0 Å². The molecule has 5 nitrogen and oxygen atoms in total. The van der Waals surface area contributed by atoms with Crippen LogP contribution in [0.5, 0.6) is 5.75 Å². The van der Waals surface area contributed by atoms with E-state index in [1.807, 2.05) is 0 Å². The molecule has 0 saturated heterocycles. The normalized spacial score (nSPS) is 9.90. The zero-order valence-corrected chi connectivity index (χ0v) is 11.7. The number of Topliss-reactive ketones (excluding diaryl/α,β-unsaturated/α-hetero) is 2. The van der Waals surface area contributed by atoms with Crippen molar-refractivity contribution in [3.63, 3.8) is 0 Å². The van der Waals surface area contributed by atoms with Gasteiger partial charge in [-0.15, -0.1) is 0 Å². The molecule has 0 radical (unpaired) electrons. The molecular weight excluding hydrogens is 260 g/mol. The topological polar surface area (TPSA) is 69.7 Å². The number of hydrogen-bond donors (Lipinski definition) is 0. The molecule has 108 valence electrons. The summed E-state index contributed by atoms with van der Waals surface area (Å²) >= 11 is 0. The molecule has 0 unspecified atom stereocenters. The van der Waals surface area contributed by atoms with Crippen molar-refractivity contribution in [3.8, 4) is 5.75 Å². The predicted molar refractivity (Wildman–Crippen MR) is 72.8 cm³/mol. The molecule has 1 rings (SSSR count). The smallest absolute Gasteiger partial charge is 0.306 e. The maximum Gasteiger partial charge on any atom is 0.306 e. The SMILES string of the molecule is CCOC(=O)CCC(=O)COc1ccc(C(C)=O)cc1. The third-order valence-electron chi connectivity index (χ3n) is 2.57. The van der Waals surface area contributed by atoms with Crippen molar-refractivity contribution in [2.45, 2.75) is 26.7 Å². The van der Waals surface area contributed by atoms with Crippen molar-refractivity contribution >= 4 is 17.5 Å². The van der Waals surface area contributed by atoms with Crippen LogP contribution in [0, 0.1) is 0 Å². The van der Waals surface area contributed by atoms with Crippen molar-refractivity contribution in [3.05, 3.63) is 29.8 Å². The summed E-state index contributed by atoms with van der Waals surface area (Å²) in [6.07, 6.45) is 0.170. The molecule has 0 bridgehead atoms. The van der Waals surface area contributed by atoms with Gasteiger partial charge in [0, 0.05) is 12.0 Å². The van der Waals surface area contributed by atoms with Crippen LogP contribution in [0.25, 0.3) is 0 Å². The summed E-state index contributed by atoms with van der Waals surface area (Å²) in [5, 5.41) is 0. The van der Waals surface area contributed by atoms with Crippen LogP contribution in [0.3, 0.4) is 0 Å². The van der Waals surface area contributed by atoms with Gasteiger partial charge in [0.15, 0.2) is 11.6 Å². The molecule has 0 aromatic heterocycles. The van der Waals surface area contributed by atoms with Crippen LogP contribution in [0.15, 0.2) is 24.3 Å². The van der Waals surface area contributed by atoms with Gasteiger partial charge < -0.3 is 9.47 Å². The summed E-state index contributed by atoms with van der Waals surface area (Å²) in [6, 6.07) is 6.55. The second-order valence-corrected chi connectivity index (χ2v) is 4.21. The molecule has 0 N–H and O–H groups in total. The number of ether oxygens (including phenoxy) is 2. The minimum Gasteiger partial charge on any atom is -0.486 e.